The zero-order chi connectivity index (χ0) is 9.31. The van der Waals surface area contributed by atoms with Crippen molar-refractivity contribution in [3.05, 3.63) is 0 Å². The van der Waals surface area contributed by atoms with Gasteiger partial charge in [0.1, 0.15) is 0 Å². The summed E-state index contributed by atoms with van der Waals surface area (Å²) in [6.07, 6.45) is 9.38. The van der Waals surface area contributed by atoms with Gasteiger partial charge >= 0.3 is 0 Å². The molecule has 76 valence electrons. The third kappa shape index (κ3) is 2.41. The highest BCUT2D eigenvalue weighted by atomic mass is 32.2. The molecule has 2 saturated carbocycles. The molecule has 2 aliphatic carbocycles. The van der Waals surface area contributed by atoms with Crippen LogP contribution in [0, 0.1) is 5.92 Å². The minimum atomic E-state index is 0.641. The van der Waals surface area contributed by atoms with Crippen LogP contribution in [0.15, 0.2) is 0 Å². The molecule has 2 rings (SSSR count). The van der Waals surface area contributed by atoms with Crippen molar-refractivity contribution in [1.29, 1.82) is 0 Å². The van der Waals surface area contributed by atoms with Crippen molar-refractivity contribution in [3.8, 4) is 0 Å². The van der Waals surface area contributed by atoms with E-state index in [1.807, 2.05) is 0 Å². The summed E-state index contributed by atoms with van der Waals surface area (Å²) in [5, 5.41) is 3.76. The molecule has 0 aliphatic heterocycles. The van der Waals surface area contributed by atoms with Crippen LogP contribution >= 0.6 is 11.8 Å². The topological polar surface area (TPSA) is 12.0 Å². The quantitative estimate of drug-likeness (QED) is 0.706. The fraction of sp³-hybridized carbons (Fsp3) is 1.00. The summed E-state index contributed by atoms with van der Waals surface area (Å²) < 4.78 is 0.641. The largest absolute Gasteiger partial charge is 0.312 e. The molecular formula is C11H21NS. The second kappa shape index (κ2) is 3.82. The van der Waals surface area contributed by atoms with Crippen molar-refractivity contribution >= 4 is 11.8 Å². The van der Waals surface area contributed by atoms with E-state index in [0.29, 0.717) is 4.75 Å². The maximum Gasteiger partial charge on any atom is 0.0282 e. The first-order chi connectivity index (χ1) is 6.29. The molecule has 0 radical (unpaired) electrons. The van der Waals surface area contributed by atoms with Crippen LogP contribution in [0.4, 0.5) is 0 Å². The first-order valence-corrected chi connectivity index (χ1v) is 6.81. The lowest BCUT2D eigenvalue weighted by Crippen LogP contribution is -2.36. The van der Waals surface area contributed by atoms with Gasteiger partial charge in [0.2, 0.25) is 0 Å². The monoisotopic (exact) mass is 199 g/mol. The summed E-state index contributed by atoms with van der Waals surface area (Å²) in [6, 6.07) is 0.824. The Kier molecular flexibility index (Phi) is 2.89. The highest BCUT2D eigenvalue weighted by molar-refractivity contribution is 8.00. The molecule has 0 spiro atoms. The number of nitrogens with one attached hydrogen (secondary N) is 1. The Morgan fingerprint density at radius 3 is 2.54 bits per heavy atom. The molecule has 0 heterocycles. The molecule has 13 heavy (non-hydrogen) atoms. The van der Waals surface area contributed by atoms with Crippen molar-refractivity contribution < 1.29 is 0 Å². The van der Waals surface area contributed by atoms with E-state index in [2.05, 4.69) is 30.3 Å². The second-order valence-electron chi connectivity index (χ2n) is 4.62. The zero-order valence-corrected chi connectivity index (χ0v) is 9.62. The lowest BCUT2D eigenvalue weighted by molar-refractivity contribution is 0.447. The molecule has 0 aromatic carbocycles. The Morgan fingerprint density at radius 1 is 1.46 bits per heavy atom. The summed E-state index contributed by atoms with van der Waals surface area (Å²) in [5.74, 6) is 1.02. The first kappa shape index (κ1) is 9.85. The second-order valence-corrected chi connectivity index (χ2v) is 5.89. The molecule has 1 unspecified atom stereocenters. The van der Waals surface area contributed by atoms with E-state index in [0.717, 1.165) is 12.0 Å². The molecule has 1 atom stereocenters. The fourth-order valence-corrected chi connectivity index (χ4v) is 2.79. The third-order valence-electron chi connectivity index (χ3n) is 3.56. The zero-order valence-electron chi connectivity index (χ0n) is 8.81. The molecule has 2 aliphatic rings. The smallest absolute Gasteiger partial charge is 0.0282 e. The van der Waals surface area contributed by atoms with Gasteiger partial charge in [0.15, 0.2) is 0 Å². The average molecular weight is 199 g/mol. The van der Waals surface area contributed by atoms with E-state index < -0.39 is 0 Å². The first-order valence-electron chi connectivity index (χ1n) is 5.58. The Morgan fingerprint density at radius 2 is 2.15 bits per heavy atom. The van der Waals surface area contributed by atoms with Crippen LogP contribution in [-0.2, 0) is 0 Å². The van der Waals surface area contributed by atoms with Gasteiger partial charge in [-0.15, -0.1) is 0 Å². The van der Waals surface area contributed by atoms with Crippen molar-refractivity contribution in [2.45, 2.75) is 49.8 Å². The van der Waals surface area contributed by atoms with Gasteiger partial charge in [0.25, 0.3) is 0 Å². The van der Waals surface area contributed by atoms with Crippen molar-refractivity contribution in [2.75, 3.05) is 12.8 Å². The molecule has 0 bridgehead atoms. The summed E-state index contributed by atoms with van der Waals surface area (Å²) >= 11 is 2.06. The average Bonchev–Trinajstić information content (AvgIpc) is 3.01. The fourth-order valence-electron chi connectivity index (χ4n) is 2.05. The van der Waals surface area contributed by atoms with Gasteiger partial charge in [-0.2, -0.15) is 11.8 Å². The predicted octanol–water partition coefficient (Wildman–Crippen LogP) is 2.66. The summed E-state index contributed by atoms with van der Waals surface area (Å²) in [6.45, 7) is 3.57. The molecule has 0 aromatic rings. The standard InChI is InChI=1S/C11H21NS/c1-3-10(9-4-5-9)12-8-11(13-2)6-7-11/h9-10,12H,3-8H2,1-2H3. The predicted molar refractivity (Wildman–Crippen MR) is 60.3 cm³/mol. The molecule has 1 nitrogen and oxygen atoms in total. The Labute approximate surface area is 86.0 Å². The maximum atomic E-state index is 3.76. The van der Waals surface area contributed by atoms with Crippen LogP contribution < -0.4 is 5.32 Å². The summed E-state index contributed by atoms with van der Waals surface area (Å²) in [7, 11) is 0. The van der Waals surface area contributed by atoms with Crippen LogP contribution in [0.3, 0.4) is 0 Å². The lowest BCUT2D eigenvalue weighted by atomic mass is 10.1. The van der Waals surface area contributed by atoms with E-state index in [4.69, 9.17) is 0 Å². The summed E-state index contributed by atoms with van der Waals surface area (Å²) in [4.78, 5) is 0. The van der Waals surface area contributed by atoms with Gasteiger partial charge in [-0.05, 0) is 44.3 Å². The number of hydrogen-bond donors (Lipinski definition) is 1. The molecule has 0 saturated heterocycles. The molecule has 1 N–H and O–H groups in total. The van der Waals surface area contributed by atoms with Crippen LogP contribution in [-0.4, -0.2) is 23.6 Å². The van der Waals surface area contributed by atoms with E-state index in [1.54, 1.807) is 0 Å². The molecule has 0 aromatic heterocycles. The van der Waals surface area contributed by atoms with Crippen molar-refractivity contribution in [1.82, 2.24) is 5.32 Å². The van der Waals surface area contributed by atoms with E-state index in [1.165, 1.54) is 38.6 Å². The number of rotatable bonds is 6. The molecule has 2 heteroatoms. The van der Waals surface area contributed by atoms with E-state index in [9.17, 15) is 0 Å². The van der Waals surface area contributed by atoms with Gasteiger partial charge in [-0.1, -0.05) is 6.92 Å². The lowest BCUT2D eigenvalue weighted by Gasteiger charge is -2.20. The molecular weight excluding hydrogens is 178 g/mol. The Hall–Kier alpha value is 0.310. The molecule has 2 fully saturated rings. The van der Waals surface area contributed by atoms with Crippen LogP contribution in [0.2, 0.25) is 0 Å². The SMILES string of the molecule is CCC(NCC1(SC)CC1)C1CC1. The van der Waals surface area contributed by atoms with Crippen molar-refractivity contribution in [2.24, 2.45) is 5.92 Å². The van der Waals surface area contributed by atoms with Gasteiger partial charge in [0, 0.05) is 17.3 Å². The minimum Gasteiger partial charge on any atom is -0.312 e. The molecule has 0 amide bonds. The Balaban J connectivity index is 1.70. The van der Waals surface area contributed by atoms with Gasteiger partial charge in [-0.25, -0.2) is 0 Å². The Bertz CT molecular complexity index is 173. The third-order valence-corrected chi connectivity index (χ3v) is 4.98. The van der Waals surface area contributed by atoms with Crippen LogP contribution in [0.25, 0.3) is 0 Å². The number of thioether (sulfide) groups is 1. The van der Waals surface area contributed by atoms with Gasteiger partial charge in [-0.3, -0.25) is 0 Å². The van der Waals surface area contributed by atoms with E-state index in [-0.39, 0.29) is 0 Å². The van der Waals surface area contributed by atoms with Crippen LogP contribution in [0.1, 0.15) is 39.0 Å². The normalized spacial score (nSPS) is 27.2. The van der Waals surface area contributed by atoms with E-state index >= 15 is 0 Å². The highest BCUT2D eigenvalue weighted by Gasteiger charge is 2.42. The summed E-state index contributed by atoms with van der Waals surface area (Å²) in [5.41, 5.74) is 0. The minimum absolute atomic E-state index is 0.641. The van der Waals surface area contributed by atoms with Gasteiger partial charge < -0.3 is 5.32 Å². The van der Waals surface area contributed by atoms with Gasteiger partial charge in [0.05, 0.1) is 0 Å². The van der Waals surface area contributed by atoms with Crippen LogP contribution in [0.5, 0.6) is 0 Å². The number of hydrogen-bond acceptors (Lipinski definition) is 2. The highest BCUT2D eigenvalue weighted by Crippen LogP contribution is 2.47. The maximum absolute atomic E-state index is 3.76. The van der Waals surface area contributed by atoms with Crippen molar-refractivity contribution in [3.63, 3.8) is 0 Å².